The molecule has 3 aromatic rings. The van der Waals surface area contributed by atoms with Crippen LogP contribution in [0.2, 0.25) is 0 Å². The first kappa shape index (κ1) is 22.1. The van der Waals surface area contributed by atoms with Crippen molar-refractivity contribution in [1.82, 2.24) is 19.9 Å². The number of nitrogens with zero attached hydrogens (tertiary/aromatic N) is 3. The first-order valence-corrected chi connectivity index (χ1v) is 9.77. The molecule has 0 atom stereocenters. The molecule has 31 heavy (non-hydrogen) atoms. The van der Waals surface area contributed by atoms with Crippen LogP contribution in [-0.4, -0.2) is 33.5 Å². The smallest absolute Gasteiger partial charge is 0.306 e. The molecule has 0 bridgehead atoms. The maximum atomic E-state index is 14.3. The number of aryl methyl sites for hydroxylation is 1. The van der Waals surface area contributed by atoms with Crippen molar-refractivity contribution in [1.29, 1.82) is 0 Å². The Kier molecular flexibility index (Phi) is 7.07. The number of halogens is 2. The fourth-order valence-electron chi connectivity index (χ4n) is 2.94. The summed E-state index contributed by atoms with van der Waals surface area (Å²) in [6.07, 6.45) is 3.29. The summed E-state index contributed by atoms with van der Waals surface area (Å²) >= 11 is 0. The van der Waals surface area contributed by atoms with Gasteiger partial charge in [0.2, 0.25) is 5.91 Å². The number of alkyl halides is 2. The fraction of sp³-hybridized carbons (Fsp3) is 0.273. The summed E-state index contributed by atoms with van der Waals surface area (Å²) in [6.45, 7) is 0.965. The number of anilines is 1. The molecule has 9 heteroatoms. The predicted molar refractivity (Wildman–Crippen MR) is 113 cm³/mol. The minimum atomic E-state index is -3.29. The Morgan fingerprint density at radius 2 is 1.84 bits per heavy atom. The highest BCUT2D eigenvalue weighted by Gasteiger charge is 2.33. The molecule has 0 aliphatic heterocycles. The number of hydrogen-bond donors (Lipinski definition) is 2. The van der Waals surface area contributed by atoms with E-state index in [4.69, 9.17) is 0 Å². The second kappa shape index (κ2) is 9.92. The van der Waals surface area contributed by atoms with Gasteiger partial charge in [-0.15, -0.1) is 0 Å². The van der Waals surface area contributed by atoms with Gasteiger partial charge in [-0.3, -0.25) is 19.1 Å². The summed E-state index contributed by atoms with van der Waals surface area (Å²) in [5.41, 5.74) is 0.480. The van der Waals surface area contributed by atoms with Crippen LogP contribution in [0.15, 0.2) is 65.7 Å². The number of carbonyl (C=O) groups is 1. The third-order valence-corrected chi connectivity index (χ3v) is 4.65. The molecule has 1 amide bonds. The molecule has 7 nitrogen and oxygen atoms in total. The molecule has 0 aliphatic rings. The summed E-state index contributed by atoms with van der Waals surface area (Å²) in [5, 5.41) is 5.15. The van der Waals surface area contributed by atoms with E-state index in [9.17, 15) is 18.4 Å². The van der Waals surface area contributed by atoms with Gasteiger partial charge < -0.3 is 10.6 Å². The Morgan fingerprint density at radius 1 is 1.10 bits per heavy atom. The van der Waals surface area contributed by atoms with Crippen LogP contribution in [0, 0.1) is 6.92 Å². The number of carbonyl (C=O) groups excluding carboxylic acids is 1. The maximum absolute atomic E-state index is 14.3. The lowest BCUT2D eigenvalue weighted by Crippen LogP contribution is -2.36. The maximum Gasteiger partial charge on any atom is 0.306 e. The van der Waals surface area contributed by atoms with Gasteiger partial charge >= 0.3 is 5.92 Å². The van der Waals surface area contributed by atoms with Crippen molar-refractivity contribution in [2.75, 3.05) is 18.4 Å². The minimum absolute atomic E-state index is 0.229. The zero-order valence-corrected chi connectivity index (χ0v) is 17.0. The second-order valence-electron chi connectivity index (χ2n) is 7.00. The summed E-state index contributed by atoms with van der Waals surface area (Å²) in [7, 11) is 0. The van der Waals surface area contributed by atoms with E-state index in [1.807, 2.05) is 30.3 Å². The molecule has 0 aliphatic carbocycles. The van der Waals surface area contributed by atoms with Crippen molar-refractivity contribution >= 4 is 11.7 Å². The lowest BCUT2D eigenvalue weighted by Gasteiger charge is -2.17. The number of rotatable bonds is 9. The Hall–Kier alpha value is -3.62. The monoisotopic (exact) mass is 427 g/mol. The summed E-state index contributed by atoms with van der Waals surface area (Å²) < 4.78 is 29.8. The van der Waals surface area contributed by atoms with E-state index >= 15 is 0 Å². The summed E-state index contributed by atoms with van der Waals surface area (Å²) in [4.78, 5) is 32.5. The molecule has 0 unspecified atom stereocenters. The van der Waals surface area contributed by atoms with Crippen molar-refractivity contribution in [3.63, 3.8) is 0 Å². The largest absolute Gasteiger partial charge is 0.359 e. The first-order chi connectivity index (χ1) is 14.9. The van der Waals surface area contributed by atoms with E-state index in [2.05, 4.69) is 20.6 Å². The molecule has 0 saturated carbocycles. The van der Waals surface area contributed by atoms with Gasteiger partial charge in [0, 0.05) is 24.6 Å². The molecule has 162 valence electrons. The summed E-state index contributed by atoms with van der Waals surface area (Å²) in [6, 6.07) is 13.9. The van der Waals surface area contributed by atoms with Gasteiger partial charge in [-0.1, -0.05) is 36.4 Å². The first-order valence-electron chi connectivity index (χ1n) is 9.77. The molecule has 2 N–H and O–H groups in total. The number of amides is 1. The SMILES string of the molecule is Cc1cnc(NCC(F)(F)c2ccccn2)c(=O)n1CC(=O)NCCc1ccccc1. The lowest BCUT2D eigenvalue weighted by molar-refractivity contribution is -0.121. The zero-order chi connectivity index (χ0) is 22.3. The van der Waals surface area contributed by atoms with Crippen LogP contribution in [0.25, 0.3) is 0 Å². The number of nitrogens with one attached hydrogen (secondary N) is 2. The number of aromatic nitrogens is 3. The average Bonchev–Trinajstić information content (AvgIpc) is 2.77. The predicted octanol–water partition coefficient (Wildman–Crippen LogP) is 2.51. The average molecular weight is 427 g/mol. The van der Waals surface area contributed by atoms with Gasteiger partial charge in [-0.05, 0) is 31.0 Å². The number of pyridine rings is 1. The molecule has 2 aromatic heterocycles. The standard InChI is InChI=1S/C22H23F2N5O2/c1-16-13-27-20(28-15-22(23,24)18-9-5-6-11-25-18)21(31)29(16)14-19(30)26-12-10-17-7-3-2-4-8-17/h2-9,11,13H,10,12,14-15H2,1H3,(H,26,30)(H,27,28). The van der Waals surface area contributed by atoms with Crippen molar-refractivity contribution in [3.05, 3.63) is 88.2 Å². The number of benzene rings is 1. The van der Waals surface area contributed by atoms with E-state index in [1.54, 1.807) is 6.92 Å². The van der Waals surface area contributed by atoms with E-state index in [-0.39, 0.29) is 18.3 Å². The van der Waals surface area contributed by atoms with Crippen LogP contribution in [0.4, 0.5) is 14.6 Å². The second-order valence-corrected chi connectivity index (χ2v) is 7.00. The molecule has 1 aromatic carbocycles. The highest BCUT2D eigenvalue weighted by Crippen LogP contribution is 2.25. The van der Waals surface area contributed by atoms with Crippen LogP contribution in [0.1, 0.15) is 17.0 Å². The molecular formula is C22H23F2N5O2. The van der Waals surface area contributed by atoms with Crippen molar-refractivity contribution < 1.29 is 13.6 Å². The van der Waals surface area contributed by atoms with Crippen molar-refractivity contribution in [2.24, 2.45) is 0 Å². The zero-order valence-electron chi connectivity index (χ0n) is 17.0. The van der Waals surface area contributed by atoms with Gasteiger partial charge in [0.05, 0.1) is 6.54 Å². The Labute approximate surface area is 178 Å². The van der Waals surface area contributed by atoms with E-state index in [0.717, 1.165) is 5.56 Å². The fourth-order valence-corrected chi connectivity index (χ4v) is 2.94. The highest BCUT2D eigenvalue weighted by atomic mass is 19.3. The molecule has 3 rings (SSSR count). The third-order valence-electron chi connectivity index (χ3n) is 4.65. The van der Waals surface area contributed by atoms with Crippen LogP contribution in [0.3, 0.4) is 0 Å². The van der Waals surface area contributed by atoms with E-state index < -0.39 is 23.7 Å². The summed E-state index contributed by atoms with van der Waals surface area (Å²) in [5.74, 6) is -3.89. The molecule has 2 heterocycles. The normalized spacial score (nSPS) is 11.2. The molecule has 0 spiro atoms. The minimum Gasteiger partial charge on any atom is -0.359 e. The van der Waals surface area contributed by atoms with Gasteiger partial charge in [0.15, 0.2) is 5.82 Å². The van der Waals surface area contributed by atoms with E-state index in [1.165, 1.54) is 35.2 Å². The van der Waals surface area contributed by atoms with Crippen LogP contribution >= 0.6 is 0 Å². The van der Waals surface area contributed by atoms with Gasteiger partial charge in [-0.2, -0.15) is 8.78 Å². The van der Waals surface area contributed by atoms with Crippen molar-refractivity contribution in [2.45, 2.75) is 25.8 Å². The molecule has 0 fully saturated rings. The number of hydrogen-bond acceptors (Lipinski definition) is 5. The lowest BCUT2D eigenvalue weighted by atomic mass is 10.1. The van der Waals surface area contributed by atoms with Crippen LogP contribution in [0.5, 0.6) is 0 Å². The quantitative estimate of drug-likeness (QED) is 0.548. The molecular weight excluding hydrogens is 404 g/mol. The van der Waals surface area contributed by atoms with Gasteiger partial charge in [0.25, 0.3) is 5.56 Å². The topological polar surface area (TPSA) is 88.9 Å². The van der Waals surface area contributed by atoms with Crippen molar-refractivity contribution in [3.8, 4) is 0 Å². The Balaban J connectivity index is 1.62. The third kappa shape index (κ3) is 5.94. The Morgan fingerprint density at radius 3 is 2.55 bits per heavy atom. The molecule has 0 radical (unpaired) electrons. The van der Waals surface area contributed by atoms with E-state index in [0.29, 0.717) is 18.7 Å². The van der Waals surface area contributed by atoms with Crippen LogP contribution < -0.4 is 16.2 Å². The molecule has 0 saturated heterocycles. The van der Waals surface area contributed by atoms with Crippen LogP contribution in [-0.2, 0) is 23.7 Å². The Bertz CT molecular complexity index is 1070. The highest BCUT2D eigenvalue weighted by molar-refractivity contribution is 5.75. The van der Waals surface area contributed by atoms with Gasteiger partial charge in [-0.25, -0.2) is 4.98 Å². The van der Waals surface area contributed by atoms with Gasteiger partial charge in [0.1, 0.15) is 12.2 Å².